The average Bonchev–Trinajstić information content (AvgIpc) is 2.07. The summed E-state index contributed by atoms with van der Waals surface area (Å²) in [5.41, 5.74) is 0. The van der Waals surface area contributed by atoms with Gasteiger partial charge in [0.15, 0.2) is 0 Å². The summed E-state index contributed by atoms with van der Waals surface area (Å²) >= 11 is 2.14. The molecule has 1 aliphatic rings. The van der Waals surface area contributed by atoms with Gasteiger partial charge in [-0.3, -0.25) is 0 Å². The summed E-state index contributed by atoms with van der Waals surface area (Å²) in [4.78, 5) is 0. The van der Waals surface area contributed by atoms with Crippen molar-refractivity contribution in [3.8, 4) is 0 Å². The Morgan fingerprint density at radius 2 is 2.45 bits per heavy atom. The van der Waals surface area contributed by atoms with Gasteiger partial charge < -0.3 is 0 Å². The fraction of sp³-hybridized carbons (Fsp3) is 0.800. The monoisotopic (exact) mass is 170 g/mol. The Bertz CT molecular complexity index is 103. The lowest BCUT2D eigenvalue weighted by atomic mass is 9.99. The lowest BCUT2D eigenvalue weighted by molar-refractivity contribution is 0.471. The summed E-state index contributed by atoms with van der Waals surface area (Å²) in [6, 6.07) is 0. The van der Waals surface area contributed by atoms with E-state index < -0.39 is 0 Å². The highest BCUT2D eigenvalue weighted by atomic mass is 32.2. The summed E-state index contributed by atoms with van der Waals surface area (Å²) in [6.45, 7) is 3.74. The zero-order chi connectivity index (χ0) is 7.94. The predicted molar refractivity (Wildman–Crippen MR) is 54.1 cm³/mol. The molecular formula is C10H18S. The molecule has 1 rings (SSSR count). The van der Waals surface area contributed by atoms with E-state index in [1.54, 1.807) is 0 Å². The molecular weight excluding hydrogens is 152 g/mol. The van der Waals surface area contributed by atoms with Gasteiger partial charge in [-0.1, -0.05) is 6.08 Å². The third-order valence-electron chi connectivity index (χ3n) is 2.28. The van der Waals surface area contributed by atoms with Crippen molar-refractivity contribution in [2.75, 3.05) is 11.5 Å². The van der Waals surface area contributed by atoms with Crippen LogP contribution in [-0.4, -0.2) is 11.5 Å². The highest BCUT2D eigenvalue weighted by Gasteiger charge is 2.12. The second kappa shape index (κ2) is 5.70. The maximum atomic E-state index is 3.74. The van der Waals surface area contributed by atoms with E-state index in [2.05, 4.69) is 18.3 Å². The summed E-state index contributed by atoms with van der Waals surface area (Å²) in [5, 5.41) is 0. The van der Waals surface area contributed by atoms with E-state index >= 15 is 0 Å². The molecule has 1 heteroatoms. The summed E-state index contributed by atoms with van der Waals surface area (Å²) in [6.07, 6.45) is 8.96. The predicted octanol–water partition coefficient (Wildman–Crippen LogP) is 3.49. The molecule has 0 aromatic rings. The Balaban J connectivity index is 2.00. The van der Waals surface area contributed by atoms with E-state index in [0.717, 1.165) is 5.92 Å². The van der Waals surface area contributed by atoms with Gasteiger partial charge in [-0.2, -0.15) is 11.8 Å². The van der Waals surface area contributed by atoms with Crippen molar-refractivity contribution < 1.29 is 0 Å². The molecule has 1 heterocycles. The summed E-state index contributed by atoms with van der Waals surface area (Å²) in [7, 11) is 0. The number of rotatable bonds is 4. The van der Waals surface area contributed by atoms with Gasteiger partial charge in [-0.05, 0) is 49.5 Å². The van der Waals surface area contributed by atoms with Crippen molar-refractivity contribution in [3.05, 3.63) is 12.7 Å². The number of allylic oxidation sites excluding steroid dienone is 1. The lowest BCUT2D eigenvalue weighted by Gasteiger charge is -2.20. The fourth-order valence-corrected chi connectivity index (χ4v) is 2.79. The van der Waals surface area contributed by atoms with Gasteiger partial charge in [0.25, 0.3) is 0 Å². The SMILES string of the molecule is C=CCCC[C@@H]1CCCSC1. The first-order valence-corrected chi connectivity index (χ1v) is 5.77. The van der Waals surface area contributed by atoms with Crippen LogP contribution < -0.4 is 0 Å². The molecule has 11 heavy (non-hydrogen) atoms. The van der Waals surface area contributed by atoms with E-state index in [-0.39, 0.29) is 0 Å². The molecule has 0 aromatic heterocycles. The molecule has 1 aliphatic heterocycles. The highest BCUT2D eigenvalue weighted by molar-refractivity contribution is 7.99. The highest BCUT2D eigenvalue weighted by Crippen LogP contribution is 2.26. The van der Waals surface area contributed by atoms with Crippen molar-refractivity contribution in [1.82, 2.24) is 0 Å². The Morgan fingerprint density at radius 3 is 3.09 bits per heavy atom. The van der Waals surface area contributed by atoms with E-state index in [1.165, 1.54) is 43.6 Å². The molecule has 1 saturated heterocycles. The lowest BCUT2D eigenvalue weighted by Crippen LogP contribution is -2.09. The standard InChI is InChI=1S/C10H18S/c1-2-3-4-6-10-7-5-8-11-9-10/h2,10H,1,3-9H2/t10-/m1/s1. The first-order chi connectivity index (χ1) is 5.43. The minimum Gasteiger partial charge on any atom is -0.162 e. The molecule has 0 N–H and O–H groups in total. The van der Waals surface area contributed by atoms with Crippen molar-refractivity contribution in [2.24, 2.45) is 5.92 Å². The zero-order valence-corrected chi connectivity index (χ0v) is 8.04. The number of hydrogen-bond donors (Lipinski definition) is 0. The fourth-order valence-electron chi connectivity index (χ4n) is 1.59. The Kier molecular flexibility index (Phi) is 4.76. The number of hydrogen-bond acceptors (Lipinski definition) is 1. The molecule has 0 saturated carbocycles. The van der Waals surface area contributed by atoms with Crippen LogP contribution in [0.2, 0.25) is 0 Å². The van der Waals surface area contributed by atoms with Crippen LogP contribution in [0, 0.1) is 5.92 Å². The van der Waals surface area contributed by atoms with Crippen molar-refractivity contribution in [1.29, 1.82) is 0 Å². The van der Waals surface area contributed by atoms with Crippen LogP contribution >= 0.6 is 11.8 Å². The zero-order valence-electron chi connectivity index (χ0n) is 7.22. The molecule has 0 unspecified atom stereocenters. The number of unbranched alkanes of at least 4 members (excludes halogenated alkanes) is 1. The van der Waals surface area contributed by atoms with Crippen LogP contribution in [0.3, 0.4) is 0 Å². The first kappa shape index (κ1) is 9.18. The normalized spacial score (nSPS) is 24.9. The van der Waals surface area contributed by atoms with Crippen LogP contribution in [-0.2, 0) is 0 Å². The van der Waals surface area contributed by atoms with Gasteiger partial charge in [0, 0.05) is 0 Å². The molecule has 0 spiro atoms. The minimum atomic E-state index is 1.02. The molecule has 1 fully saturated rings. The van der Waals surface area contributed by atoms with Gasteiger partial charge in [0.05, 0.1) is 0 Å². The van der Waals surface area contributed by atoms with Crippen LogP contribution in [0.15, 0.2) is 12.7 Å². The van der Waals surface area contributed by atoms with E-state index in [0.29, 0.717) is 0 Å². The summed E-state index contributed by atoms with van der Waals surface area (Å²) < 4.78 is 0. The first-order valence-electron chi connectivity index (χ1n) is 4.62. The van der Waals surface area contributed by atoms with Gasteiger partial charge in [-0.25, -0.2) is 0 Å². The Morgan fingerprint density at radius 1 is 1.55 bits per heavy atom. The molecule has 0 bridgehead atoms. The van der Waals surface area contributed by atoms with E-state index in [1.807, 2.05) is 6.08 Å². The third-order valence-corrected chi connectivity index (χ3v) is 3.56. The third kappa shape index (κ3) is 3.85. The van der Waals surface area contributed by atoms with Gasteiger partial charge >= 0.3 is 0 Å². The van der Waals surface area contributed by atoms with Crippen molar-refractivity contribution in [3.63, 3.8) is 0 Å². The smallest absolute Gasteiger partial charge is 0.00391 e. The average molecular weight is 170 g/mol. The largest absolute Gasteiger partial charge is 0.162 e. The molecule has 1 atom stereocenters. The maximum Gasteiger partial charge on any atom is -0.00391 e. The molecule has 64 valence electrons. The van der Waals surface area contributed by atoms with Crippen LogP contribution in [0.4, 0.5) is 0 Å². The topological polar surface area (TPSA) is 0 Å². The Hall–Kier alpha value is 0.0900. The van der Waals surface area contributed by atoms with Crippen molar-refractivity contribution >= 4 is 11.8 Å². The summed E-state index contributed by atoms with van der Waals surface area (Å²) in [5.74, 6) is 3.84. The maximum absolute atomic E-state index is 3.74. The molecule has 0 amide bonds. The van der Waals surface area contributed by atoms with Crippen LogP contribution in [0.1, 0.15) is 32.1 Å². The second-order valence-corrected chi connectivity index (χ2v) is 4.45. The minimum absolute atomic E-state index is 1.02. The van der Waals surface area contributed by atoms with Crippen LogP contribution in [0.25, 0.3) is 0 Å². The van der Waals surface area contributed by atoms with Crippen LogP contribution in [0.5, 0.6) is 0 Å². The molecule has 0 nitrogen and oxygen atoms in total. The molecule has 0 aliphatic carbocycles. The second-order valence-electron chi connectivity index (χ2n) is 3.30. The molecule has 0 radical (unpaired) electrons. The van der Waals surface area contributed by atoms with Gasteiger partial charge in [0.1, 0.15) is 0 Å². The van der Waals surface area contributed by atoms with Gasteiger partial charge in [0.2, 0.25) is 0 Å². The van der Waals surface area contributed by atoms with Gasteiger partial charge in [-0.15, -0.1) is 6.58 Å². The van der Waals surface area contributed by atoms with Crippen molar-refractivity contribution in [2.45, 2.75) is 32.1 Å². The number of thioether (sulfide) groups is 1. The molecule has 0 aromatic carbocycles. The van der Waals surface area contributed by atoms with E-state index in [9.17, 15) is 0 Å². The van der Waals surface area contributed by atoms with E-state index in [4.69, 9.17) is 0 Å². The Labute approximate surface area is 74.5 Å². The quantitative estimate of drug-likeness (QED) is 0.460.